The van der Waals surface area contributed by atoms with E-state index in [-0.39, 0.29) is 6.04 Å². The molecule has 0 spiro atoms. The van der Waals surface area contributed by atoms with E-state index in [0.717, 1.165) is 6.42 Å². The summed E-state index contributed by atoms with van der Waals surface area (Å²) in [6.07, 6.45) is 1.15. The van der Waals surface area contributed by atoms with Gasteiger partial charge in [0.15, 0.2) is 0 Å². The molecule has 1 aromatic carbocycles. The minimum absolute atomic E-state index is 0.174. The van der Waals surface area contributed by atoms with Crippen LogP contribution in [0.5, 0.6) is 0 Å². The van der Waals surface area contributed by atoms with Gasteiger partial charge in [-0.05, 0) is 44.2 Å². The van der Waals surface area contributed by atoms with Gasteiger partial charge in [0.2, 0.25) is 0 Å². The summed E-state index contributed by atoms with van der Waals surface area (Å²) in [4.78, 5) is 0. The largest absolute Gasteiger partial charge is 0.327 e. The molecule has 3 unspecified atom stereocenters. The fourth-order valence-corrected chi connectivity index (χ4v) is 2.06. The quantitative estimate of drug-likeness (QED) is 0.811. The Morgan fingerprint density at radius 3 is 2.00 bits per heavy atom. The van der Waals surface area contributed by atoms with Gasteiger partial charge in [0, 0.05) is 18.1 Å². The Labute approximate surface area is 112 Å². The number of hydrogen-bond donors (Lipinski definition) is 2. The van der Waals surface area contributed by atoms with Gasteiger partial charge in [-0.15, -0.1) is 0 Å². The van der Waals surface area contributed by atoms with E-state index in [9.17, 15) is 0 Å². The fourth-order valence-electron chi connectivity index (χ4n) is 2.06. The van der Waals surface area contributed by atoms with Crippen molar-refractivity contribution in [3.8, 4) is 0 Å². The highest BCUT2D eigenvalue weighted by Crippen LogP contribution is 2.16. The predicted octanol–water partition coefficient (Wildman–Crippen LogP) is 3.27. The molecule has 0 aliphatic rings. The zero-order chi connectivity index (χ0) is 13.7. The molecular weight excluding hydrogens is 220 g/mol. The van der Waals surface area contributed by atoms with Crippen molar-refractivity contribution >= 4 is 0 Å². The molecule has 0 saturated carbocycles. The van der Waals surface area contributed by atoms with Gasteiger partial charge in [-0.3, -0.25) is 0 Å². The molecule has 2 nitrogen and oxygen atoms in total. The van der Waals surface area contributed by atoms with E-state index in [1.807, 2.05) is 6.92 Å². The smallest absolute Gasteiger partial charge is 0.0294 e. The molecule has 1 rings (SSSR count). The van der Waals surface area contributed by atoms with Crippen molar-refractivity contribution in [1.29, 1.82) is 0 Å². The molecule has 2 heteroatoms. The Hall–Kier alpha value is -0.860. The van der Waals surface area contributed by atoms with Gasteiger partial charge in [0.05, 0.1) is 0 Å². The summed E-state index contributed by atoms with van der Waals surface area (Å²) in [6.45, 7) is 10.9. The van der Waals surface area contributed by atoms with Crippen LogP contribution in [-0.4, -0.2) is 12.1 Å². The third-order valence-corrected chi connectivity index (χ3v) is 3.43. The van der Waals surface area contributed by atoms with Crippen LogP contribution in [0.15, 0.2) is 24.3 Å². The maximum absolute atomic E-state index is 5.88. The average molecular weight is 248 g/mol. The number of rotatable bonds is 6. The lowest BCUT2D eigenvalue weighted by Gasteiger charge is -2.23. The lowest BCUT2D eigenvalue weighted by Crippen LogP contribution is -2.41. The molecule has 0 fully saturated rings. The summed E-state index contributed by atoms with van der Waals surface area (Å²) in [5.41, 5.74) is 8.63. The lowest BCUT2D eigenvalue weighted by molar-refractivity contribution is 0.430. The van der Waals surface area contributed by atoms with Crippen LogP contribution in [-0.2, 0) is 6.42 Å². The molecule has 18 heavy (non-hydrogen) atoms. The molecule has 1 aromatic rings. The van der Waals surface area contributed by atoms with E-state index >= 15 is 0 Å². The second kappa shape index (κ2) is 6.91. The second-order valence-electron chi connectivity index (χ2n) is 5.88. The summed E-state index contributed by atoms with van der Waals surface area (Å²) >= 11 is 0. The molecule has 3 atom stereocenters. The van der Waals surface area contributed by atoms with Crippen LogP contribution in [0.1, 0.15) is 51.8 Å². The highest BCUT2D eigenvalue weighted by atomic mass is 15.0. The first-order valence-corrected chi connectivity index (χ1v) is 7.00. The highest BCUT2D eigenvalue weighted by molar-refractivity contribution is 5.25. The third kappa shape index (κ3) is 4.79. The van der Waals surface area contributed by atoms with Gasteiger partial charge < -0.3 is 11.1 Å². The van der Waals surface area contributed by atoms with E-state index in [4.69, 9.17) is 5.73 Å². The van der Waals surface area contributed by atoms with Crippen LogP contribution in [0.25, 0.3) is 0 Å². The summed E-state index contributed by atoms with van der Waals surface area (Å²) in [7, 11) is 0. The Morgan fingerprint density at radius 1 is 1.00 bits per heavy atom. The minimum atomic E-state index is 0.174. The van der Waals surface area contributed by atoms with Crippen molar-refractivity contribution in [2.45, 2.75) is 59.2 Å². The number of nitrogens with one attached hydrogen (secondary N) is 1. The normalized spacial score (nSPS) is 16.6. The maximum Gasteiger partial charge on any atom is 0.0294 e. The topological polar surface area (TPSA) is 38.0 Å². The van der Waals surface area contributed by atoms with Crippen LogP contribution in [0, 0.1) is 5.92 Å². The summed E-state index contributed by atoms with van der Waals surface area (Å²) in [5, 5.41) is 3.53. The van der Waals surface area contributed by atoms with Crippen LogP contribution in [0.4, 0.5) is 0 Å². The van der Waals surface area contributed by atoms with Crippen molar-refractivity contribution in [1.82, 2.24) is 5.32 Å². The molecule has 0 aromatic heterocycles. The van der Waals surface area contributed by atoms with Gasteiger partial charge in [-0.1, -0.05) is 38.1 Å². The van der Waals surface area contributed by atoms with Crippen LogP contribution in [0.2, 0.25) is 0 Å². The molecular formula is C16H28N2. The van der Waals surface area contributed by atoms with Crippen molar-refractivity contribution in [2.24, 2.45) is 11.7 Å². The molecule has 0 aliphatic heterocycles. The first-order chi connectivity index (χ1) is 8.40. The average Bonchev–Trinajstić information content (AvgIpc) is 2.28. The van der Waals surface area contributed by atoms with Crippen LogP contribution < -0.4 is 11.1 Å². The molecule has 3 N–H and O–H groups in total. The van der Waals surface area contributed by atoms with E-state index < -0.39 is 0 Å². The molecule has 0 saturated heterocycles. The van der Waals surface area contributed by atoms with Crippen molar-refractivity contribution < 1.29 is 0 Å². The maximum atomic E-state index is 5.88. The van der Waals surface area contributed by atoms with Gasteiger partial charge >= 0.3 is 0 Å². The molecule has 102 valence electrons. The monoisotopic (exact) mass is 248 g/mol. The predicted molar refractivity (Wildman–Crippen MR) is 79.6 cm³/mol. The van der Waals surface area contributed by atoms with Gasteiger partial charge in [-0.25, -0.2) is 0 Å². The van der Waals surface area contributed by atoms with E-state index in [0.29, 0.717) is 18.0 Å². The lowest BCUT2D eigenvalue weighted by atomic mass is 9.99. The van der Waals surface area contributed by atoms with Crippen molar-refractivity contribution in [3.63, 3.8) is 0 Å². The Morgan fingerprint density at radius 2 is 1.56 bits per heavy atom. The molecule has 0 amide bonds. The van der Waals surface area contributed by atoms with Gasteiger partial charge in [0.1, 0.15) is 0 Å². The van der Waals surface area contributed by atoms with Gasteiger partial charge in [0.25, 0.3) is 0 Å². The zero-order valence-corrected chi connectivity index (χ0v) is 12.4. The second-order valence-corrected chi connectivity index (χ2v) is 5.88. The number of hydrogen-bond acceptors (Lipinski definition) is 2. The first kappa shape index (κ1) is 15.2. The third-order valence-electron chi connectivity index (χ3n) is 3.43. The van der Waals surface area contributed by atoms with Gasteiger partial charge in [-0.2, -0.15) is 0 Å². The molecule has 0 heterocycles. The Bertz CT molecular complexity index is 341. The Balaban J connectivity index is 2.61. The molecule has 0 radical (unpaired) electrons. The summed E-state index contributed by atoms with van der Waals surface area (Å²) in [6, 6.07) is 9.78. The van der Waals surface area contributed by atoms with Crippen LogP contribution >= 0.6 is 0 Å². The van der Waals surface area contributed by atoms with E-state index in [2.05, 4.69) is 57.3 Å². The number of benzene rings is 1. The zero-order valence-electron chi connectivity index (χ0n) is 12.4. The minimum Gasteiger partial charge on any atom is -0.327 e. The Kier molecular flexibility index (Phi) is 5.83. The van der Waals surface area contributed by atoms with Crippen molar-refractivity contribution in [2.75, 3.05) is 0 Å². The molecule has 0 bridgehead atoms. The highest BCUT2D eigenvalue weighted by Gasteiger charge is 2.12. The van der Waals surface area contributed by atoms with Crippen LogP contribution in [0.3, 0.4) is 0 Å². The summed E-state index contributed by atoms with van der Waals surface area (Å²) < 4.78 is 0. The molecule has 0 aliphatic carbocycles. The van der Waals surface area contributed by atoms with Crippen molar-refractivity contribution in [3.05, 3.63) is 35.4 Å². The fraction of sp³-hybridized carbons (Fsp3) is 0.625. The van der Waals surface area contributed by atoms with E-state index in [1.54, 1.807) is 0 Å². The summed E-state index contributed by atoms with van der Waals surface area (Å²) in [5.74, 6) is 0.713. The number of nitrogens with two attached hydrogens (primary N) is 1. The SMILES string of the molecule is CC(C)Cc1ccc(C(C)NC(C)C(C)N)cc1. The standard InChI is InChI=1S/C16H28N2/c1-11(2)10-15-6-8-16(9-7-15)14(5)18-13(4)12(3)17/h6-9,11-14,18H,10,17H2,1-5H3. The van der Waals surface area contributed by atoms with E-state index in [1.165, 1.54) is 11.1 Å². The first-order valence-electron chi connectivity index (χ1n) is 7.00.